The van der Waals surface area contributed by atoms with Gasteiger partial charge in [0.15, 0.2) is 0 Å². The number of aromatic nitrogens is 2. The van der Waals surface area contributed by atoms with Crippen LogP contribution >= 0.6 is 0 Å². The van der Waals surface area contributed by atoms with Crippen LogP contribution < -0.4 is 5.32 Å². The summed E-state index contributed by atoms with van der Waals surface area (Å²) in [4.78, 5) is 0. The van der Waals surface area contributed by atoms with Crippen molar-refractivity contribution in [3.8, 4) is 0 Å². The molecule has 2 heterocycles. The van der Waals surface area contributed by atoms with E-state index >= 15 is 0 Å². The van der Waals surface area contributed by atoms with Gasteiger partial charge in [-0.3, -0.25) is 0 Å². The van der Waals surface area contributed by atoms with Crippen LogP contribution in [-0.2, 0) is 6.42 Å². The first-order chi connectivity index (χ1) is 9.31. The molecular formula is C15H19N3O. The van der Waals surface area contributed by atoms with Crippen LogP contribution in [0.25, 0.3) is 0 Å². The van der Waals surface area contributed by atoms with Crippen molar-refractivity contribution in [2.24, 2.45) is 0 Å². The van der Waals surface area contributed by atoms with Gasteiger partial charge >= 0.3 is 0 Å². The van der Waals surface area contributed by atoms with E-state index in [1.807, 2.05) is 0 Å². The first-order valence-electron chi connectivity index (χ1n) is 6.90. The summed E-state index contributed by atoms with van der Waals surface area (Å²) in [6.45, 7) is 4.17. The summed E-state index contributed by atoms with van der Waals surface area (Å²) >= 11 is 0. The van der Waals surface area contributed by atoms with Gasteiger partial charge in [-0.1, -0.05) is 29.8 Å². The predicted molar refractivity (Wildman–Crippen MR) is 73.1 cm³/mol. The van der Waals surface area contributed by atoms with E-state index in [2.05, 4.69) is 46.7 Å². The van der Waals surface area contributed by atoms with Gasteiger partial charge in [0, 0.05) is 5.92 Å². The minimum atomic E-state index is 0.431. The molecular weight excluding hydrogens is 238 g/mol. The van der Waals surface area contributed by atoms with Crippen molar-refractivity contribution < 1.29 is 4.42 Å². The molecule has 0 bridgehead atoms. The molecule has 3 rings (SSSR count). The number of nitrogens with zero attached hydrogens (tertiary/aromatic N) is 2. The molecule has 1 aliphatic heterocycles. The van der Waals surface area contributed by atoms with E-state index in [1.54, 1.807) is 0 Å². The second-order valence-corrected chi connectivity index (χ2v) is 5.22. The Morgan fingerprint density at radius 3 is 2.63 bits per heavy atom. The van der Waals surface area contributed by atoms with Gasteiger partial charge in [-0.15, -0.1) is 10.2 Å². The minimum Gasteiger partial charge on any atom is -0.425 e. The SMILES string of the molecule is Cc1ccc(Cc2nnc(C3CCNCC3)o2)cc1. The lowest BCUT2D eigenvalue weighted by molar-refractivity contribution is 0.363. The zero-order chi connectivity index (χ0) is 13.1. The lowest BCUT2D eigenvalue weighted by atomic mass is 9.98. The third-order valence-corrected chi connectivity index (χ3v) is 3.65. The molecule has 2 aromatic rings. The quantitative estimate of drug-likeness (QED) is 0.917. The lowest BCUT2D eigenvalue weighted by Gasteiger charge is -2.18. The lowest BCUT2D eigenvalue weighted by Crippen LogP contribution is -2.26. The monoisotopic (exact) mass is 257 g/mol. The van der Waals surface area contributed by atoms with Crippen molar-refractivity contribution in [3.63, 3.8) is 0 Å². The van der Waals surface area contributed by atoms with Gasteiger partial charge in [-0.25, -0.2) is 0 Å². The average Bonchev–Trinajstić information content (AvgIpc) is 2.91. The zero-order valence-corrected chi connectivity index (χ0v) is 11.2. The Morgan fingerprint density at radius 2 is 1.89 bits per heavy atom. The Bertz CT molecular complexity index is 527. The molecule has 0 radical (unpaired) electrons. The van der Waals surface area contributed by atoms with E-state index in [0.717, 1.165) is 44.1 Å². The van der Waals surface area contributed by atoms with E-state index in [1.165, 1.54) is 11.1 Å². The predicted octanol–water partition coefficient (Wildman–Crippen LogP) is 2.44. The summed E-state index contributed by atoms with van der Waals surface area (Å²) in [5.74, 6) is 1.96. The Balaban J connectivity index is 1.68. The first kappa shape index (κ1) is 12.4. The highest BCUT2D eigenvalue weighted by atomic mass is 16.4. The number of nitrogens with one attached hydrogen (secondary N) is 1. The Kier molecular flexibility index (Phi) is 3.60. The van der Waals surface area contributed by atoms with Crippen molar-refractivity contribution in [2.45, 2.75) is 32.1 Å². The molecule has 0 aliphatic carbocycles. The fourth-order valence-electron chi connectivity index (χ4n) is 2.45. The Hall–Kier alpha value is -1.68. The smallest absolute Gasteiger partial charge is 0.220 e. The van der Waals surface area contributed by atoms with Gasteiger partial charge < -0.3 is 9.73 Å². The molecule has 1 aromatic carbocycles. The van der Waals surface area contributed by atoms with E-state index in [4.69, 9.17) is 4.42 Å². The number of hydrogen-bond donors (Lipinski definition) is 1. The fraction of sp³-hybridized carbons (Fsp3) is 0.467. The van der Waals surface area contributed by atoms with E-state index in [-0.39, 0.29) is 0 Å². The highest BCUT2D eigenvalue weighted by Gasteiger charge is 2.20. The summed E-state index contributed by atoms with van der Waals surface area (Å²) < 4.78 is 5.81. The van der Waals surface area contributed by atoms with Crippen molar-refractivity contribution in [3.05, 3.63) is 47.2 Å². The summed E-state index contributed by atoms with van der Waals surface area (Å²) in [5, 5.41) is 11.7. The molecule has 1 fully saturated rings. The third-order valence-electron chi connectivity index (χ3n) is 3.65. The number of piperidine rings is 1. The van der Waals surface area contributed by atoms with Crippen LogP contribution in [0.15, 0.2) is 28.7 Å². The summed E-state index contributed by atoms with van der Waals surface area (Å²) in [6.07, 6.45) is 2.90. The summed E-state index contributed by atoms with van der Waals surface area (Å²) in [7, 11) is 0. The van der Waals surface area contributed by atoms with E-state index in [0.29, 0.717) is 5.92 Å². The van der Waals surface area contributed by atoms with Crippen LogP contribution in [0.4, 0.5) is 0 Å². The number of aryl methyl sites for hydroxylation is 1. The second-order valence-electron chi connectivity index (χ2n) is 5.22. The van der Waals surface area contributed by atoms with Crippen LogP contribution in [0.3, 0.4) is 0 Å². The highest BCUT2D eigenvalue weighted by molar-refractivity contribution is 5.23. The van der Waals surface area contributed by atoms with Crippen LogP contribution in [0.2, 0.25) is 0 Å². The number of rotatable bonds is 3. The van der Waals surface area contributed by atoms with E-state index in [9.17, 15) is 0 Å². The molecule has 0 spiro atoms. The van der Waals surface area contributed by atoms with Crippen LogP contribution in [0.5, 0.6) is 0 Å². The molecule has 1 N–H and O–H groups in total. The summed E-state index contributed by atoms with van der Waals surface area (Å²) in [6, 6.07) is 8.45. The molecule has 0 saturated carbocycles. The molecule has 1 aliphatic rings. The van der Waals surface area contributed by atoms with Crippen molar-refractivity contribution >= 4 is 0 Å². The van der Waals surface area contributed by atoms with Crippen LogP contribution in [-0.4, -0.2) is 23.3 Å². The minimum absolute atomic E-state index is 0.431. The maximum atomic E-state index is 5.81. The molecule has 1 saturated heterocycles. The van der Waals surface area contributed by atoms with Gasteiger partial charge in [-0.05, 0) is 38.4 Å². The zero-order valence-electron chi connectivity index (χ0n) is 11.2. The van der Waals surface area contributed by atoms with Crippen molar-refractivity contribution in [1.82, 2.24) is 15.5 Å². The van der Waals surface area contributed by atoms with Crippen molar-refractivity contribution in [1.29, 1.82) is 0 Å². The molecule has 1 aromatic heterocycles. The van der Waals surface area contributed by atoms with Crippen molar-refractivity contribution in [2.75, 3.05) is 13.1 Å². The second kappa shape index (κ2) is 5.53. The Morgan fingerprint density at radius 1 is 1.16 bits per heavy atom. The van der Waals surface area contributed by atoms with Gasteiger partial charge in [0.1, 0.15) is 0 Å². The van der Waals surface area contributed by atoms with Gasteiger partial charge in [-0.2, -0.15) is 0 Å². The topological polar surface area (TPSA) is 51.0 Å². The molecule has 100 valence electrons. The normalized spacial score (nSPS) is 16.7. The molecule has 4 heteroatoms. The molecule has 4 nitrogen and oxygen atoms in total. The first-order valence-corrected chi connectivity index (χ1v) is 6.90. The summed E-state index contributed by atoms with van der Waals surface area (Å²) in [5.41, 5.74) is 2.48. The standard InChI is InChI=1S/C15H19N3O/c1-11-2-4-12(5-3-11)10-14-17-18-15(19-14)13-6-8-16-9-7-13/h2-5,13,16H,6-10H2,1H3. The largest absolute Gasteiger partial charge is 0.425 e. The maximum absolute atomic E-state index is 5.81. The average molecular weight is 257 g/mol. The fourth-order valence-corrected chi connectivity index (χ4v) is 2.45. The number of hydrogen-bond acceptors (Lipinski definition) is 4. The number of benzene rings is 1. The molecule has 0 unspecified atom stereocenters. The molecule has 0 atom stereocenters. The third kappa shape index (κ3) is 3.01. The molecule has 0 amide bonds. The van der Waals surface area contributed by atoms with Gasteiger partial charge in [0.2, 0.25) is 11.8 Å². The van der Waals surface area contributed by atoms with Crippen LogP contribution in [0.1, 0.15) is 41.7 Å². The highest BCUT2D eigenvalue weighted by Crippen LogP contribution is 2.24. The maximum Gasteiger partial charge on any atom is 0.220 e. The van der Waals surface area contributed by atoms with Gasteiger partial charge in [0.25, 0.3) is 0 Å². The van der Waals surface area contributed by atoms with E-state index < -0.39 is 0 Å². The molecule has 19 heavy (non-hydrogen) atoms. The van der Waals surface area contributed by atoms with Crippen LogP contribution in [0, 0.1) is 6.92 Å². The van der Waals surface area contributed by atoms with Gasteiger partial charge in [0.05, 0.1) is 6.42 Å². The Labute approximate surface area is 113 Å².